The Morgan fingerprint density at radius 3 is 2.64 bits per heavy atom. The summed E-state index contributed by atoms with van der Waals surface area (Å²) in [5.74, 6) is -2.26. The zero-order valence-electron chi connectivity index (χ0n) is 12.7. The summed E-state index contributed by atoms with van der Waals surface area (Å²) in [5, 5.41) is 7.06. The fourth-order valence-corrected chi connectivity index (χ4v) is 2.51. The van der Waals surface area contributed by atoms with Crippen LogP contribution in [0.2, 0.25) is 0 Å². The number of anilines is 1. The molecule has 0 unspecified atom stereocenters. The predicted molar refractivity (Wildman–Crippen MR) is 96.8 cm³/mol. The molecule has 0 spiro atoms. The highest BCUT2D eigenvalue weighted by molar-refractivity contribution is 9.10. The van der Waals surface area contributed by atoms with Crippen molar-refractivity contribution in [1.29, 1.82) is 0 Å². The summed E-state index contributed by atoms with van der Waals surface area (Å²) < 4.78 is 13.7. The van der Waals surface area contributed by atoms with Crippen molar-refractivity contribution in [2.75, 3.05) is 5.32 Å². The Kier molecular flexibility index (Phi) is 4.90. The summed E-state index contributed by atoms with van der Waals surface area (Å²) in [5.41, 5.74) is 4.14. The number of aromatic nitrogens is 1. The van der Waals surface area contributed by atoms with E-state index < -0.39 is 17.6 Å². The number of halogens is 2. The lowest BCUT2D eigenvalue weighted by Gasteiger charge is -2.03. The van der Waals surface area contributed by atoms with E-state index in [-0.39, 0.29) is 0 Å². The molecule has 2 amide bonds. The van der Waals surface area contributed by atoms with Crippen LogP contribution in [0.4, 0.5) is 10.1 Å². The van der Waals surface area contributed by atoms with Crippen LogP contribution in [0.3, 0.4) is 0 Å². The van der Waals surface area contributed by atoms with Gasteiger partial charge in [0.15, 0.2) is 0 Å². The van der Waals surface area contributed by atoms with Gasteiger partial charge in [-0.05, 0) is 42.5 Å². The molecule has 126 valence electrons. The third-order valence-electron chi connectivity index (χ3n) is 3.35. The molecule has 3 rings (SSSR count). The van der Waals surface area contributed by atoms with Crippen molar-refractivity contribution >= 4 is 50.5 Å². The molecule has 0 saturated heterocycles. The largest absolute Gasteiger partial charge is 0.361 e. The Bertz CT molecular complexity index is 966. The smallest absolute Gasteiger partial charge is 0.329 e. The van der Waals surface area contributed by atoms with Crippen molar-refractivity contribution in [3.8, 4) is 0 Å². The van der Waals surface area contributed by atoms with Crippen LogP contribution in [0.25, 0.3) is 10.9 Å². The van der Waals surface area contributed by atoms with Crippen molar-refractivity contribution < 1.29 is 14.0 Å². The van der Waals surface area contributed by atoms with E-state index in [9.17, 15) is 14.0 Å². The van der Waals surface area contributed by atoms with Gasteiger partial charge in [-0.25, -0.2) is 9.82 Å². The molecule has 0 aliphatic carbocycles. The molecule has 0 atom stereocenters. The van der Waals surface area contributed by atoms with Gasteiger partial charge in [-0.15, -0.1) is 0 Å². The van der Waals surface area contributed by atoms with Gasteiger partial charge in [0.25, 0.3) is 0 Å². The standard InChI is InChI=1S/C17H12BrFN4O2/c18-11-1-6-15-14(7-11)10(8-20-15)9-21-23-17(25)16(24)22-13-4-2-12(19)3-5-13/h1-9,20H,(H,22,24)(H,23,25). The van der Waals surface area contributed by atoms with Gasteiger partial charge in [0.1, 0.15) is 5.82 Å². The SMILES string of the molecule is O=C(NN=Cc1c[nH]c2ccc(Br)cc12)C(=O)Nc1ccc(F)cc1. The molecular weight excluding hydrogens is 391 g/mol. The Morgan fingerprint density at radius 2 is 1.88 bits per heavy atom. The molecule has 0 saturated carbocycles. The zero-order valence-corrected chi connectivity index (χ0v) is 14.3. The molecule has 0 fully saturated rings. The Hall–Kier alpha value is -3.00. The third-order valence-corrected chi connectivity index (χ3v) is 3.85. The highest BCUT2D eigenvalue weighted by atomic mass is 79.9. The van der Waals surface area contributed by atoms with Gasteiger partial charge in [0.05, 0.1) is 6.21 Å². The number of aromatic amines is 1. The fourth-order valence-electron chi connectivity index (χ4n) is 2.15. The number of hydrazone groups is 1. The van der Waals surface area contributed by atoms with Crippen LogP contribution in [-0.2, 0) is 9.59 Å². The molecule has 25 heavy (non-hydrogen) atoms. The van der Waals surface area contributed by atoms with E-state index in [1.807, 2.05) is 18.2 Å². The van der Waals surface area contributed by atoms with Crippen LogP contribution in [0.5, 0.6) is 0 Å². The lowest BCUT2D eigenvalue weighted by molar-refractivity contribution is -0.136. The van der Waals surface area contributed by atoms with Crippen molar-refractivity contribution in [3.05, 3.63) is 64.5 Å². The van der Waals surface area contributed by atoms with Crippen molar-refractivity contribution in [2.24, 2.45) is 5.10 Å². The minimum atomic E-state index is -0.929. The number of carbonyl (C=O) groups excluding carboxylic acids is 2. The van der Waals surface area contributed by atoms with Crippen molar-refractivity contribution in [3.63, 3.8) is 0 Å². The molecule has 8 heteroatoms. The number of nitrogens with one attached hydrogen (secondary N) is 3. The van der Waals surface area contributed by atoms with E-state index >= 15 is 0 Å². The molecule has 2 aromatic carbocycles. The molecule has 0 aliphatic rings. The number of nitrogens with zero attached hydrogens (tertiary/aromatic N) is 1. The van der Waals surface area contributed by atoms with Crippen LogP contribution in [0.1, 0.15) is 5.56 Å². The second kappa shape index (κ2) is 7.27. The number of hydrogen-bond acceptors (Lipinski definition) is 3. The highest BCUT2D eigenvalue weighted by Gasteiger charge is 2.12. The number of rotatable bonds is 3. The predicted octanol–water partition coefficient (Wildman–Crippen LogP) is 3.16. The highest BCUT2D eigenvalue weighted by Crippen LogP contribution is 2.21. The summed E-state index contributed by atoms with van der Waals surface area (Å²) in [6.07, 6.45) is 3.18. The van der Waals surface area contributed by atoms with Gasteiger partial charge in [0.2, 0.25) is 0 Å². The summed E-state index contributed by atoms with van der Waals surface area (Å²) in [7, 11) is 0. The maximum atomic E-state index is 12.8. The number of fused-ring (bicyclic) bond motifs is 1. The third kappa shape index (κ3) is 4.10. The van der Waals surface area contributed by atoms with Gasteiger partial charge in [-0.2, -0.15) is 5.10 Å². The van der Waals surface area contributed by atoms with Crippen molar-refractivity contribution in [2.45, 2.75) is 0 Å². The summed E-state index contributed by atoms with van der Waals surface area (Å²) in [6.45, 7) is 0. The summed E-state index contributed by atoms with van der Waals surface area (Å²) in [6, 6.07) is 10.8. The molecule has 0 radical (unpaired) electrons. The second-order valence-electron chi connectivity index (χ2n) is 5.09. The summed E-state index contributed by atoms with van der Waals surface area (Å²) >= 11 is 3.39. The van der Waals surface area contributed by atoms with Gasteiger partial charge in [0, 0.05) is 32.8 Å². The van der Waals surface area contributed by atoms with Crippen molar-refractivity contribution in [1.82, 2.24) is 10.4 Å². The lowest BCUT2D eigenvalue weighted by Crippen LogP contribution is -2.32. The van der Waals surface area contributed by atoms with Gasteiger partial charge >= 0.3 is 11.8 Å². The van der Waals surface area contributed by atoms with Gasteiger partial charge in [-0.3, -0.25) is 9.59 Å². The molecule has 6 nitrogen and oxygen atoms in total. The van der Waals surface area contributed by atoms with E-state index in [2.05, 4.69) is 36.8 Å². The molecule has 3 N–H and O–H groups in total. The van der Waals surface area contributed by atoms with Crippen LogP contribution in [0.15, 0.2) is 58.2 Å². The molecule has 3 aromatic rings. The number of amides is 2. The first kappa shape index (κ1) is 16.8. The Morgan fingerprint density at radius 1 is 1.12 bits per heavy atom. The van der Waals surface area contributed by atoms with Gasteiger partial charge < -0.3 is 10.3 Å². The zero-order chi connectivity index (χ0) is 17.8. The molecule has 1 heterocycles. The first-order valence-electron chi connectivity index (χ1n) is 7.19. The average Bonchev–Trinajstić information content (AvgIpc) is 2.99. The maximum absolute atomic E-state index is 12.8. The van der Waals surface area contributed by atoms with E-state index in [4.69, 9.17) is 0 Å². The second-order valence-corrected chi connectivity index (χ2v) is 6.01. The van der Waals surface area contributed by atoms with E-state index in [1.165, 1.54) is 30.5 Å². The quantitative estimate of drug-likeness (QED) is 0.357. The van der Waals surface area contributed by atoms with E-state index in [0.29, 0.717) is 5.69 Å². The first-order chi connectivity index (χ1) is 12.0. The first-order valence-corrected chi connectivity index (χ1v) is 7.99. The van der Waals surface area contributed by atoms with Gasteiger partial charge in [-0.1, -0.05) is 15.9 Å². The van der Waals surface area contributed by atoms with Crippen LogP contribution >= 0.6 is 15.9 Å². The number of benzene rings is 2. The van der Waals surface area contributed by atoms with Crippen LogP contribution in [-0.4, -0.2) is 23.0 Å². The monoisotopic (exact) mass is 402 g/mol. The maximum Gasteiger partial charge on any atom is 0.329 e. The molecule has 0 aliphatic heterocycles. The number of carbonyl (C=O) groups is 2. The van der Waals surface area contributed by atoms with E-state index in [1.54, 1.807) is 6.20 Å². The molecule has 1 aromatic heterocycles. The summed E-state index contributed by atoms with van der Waals surface area (Å²) in [4.78, 5) is 26.6. The molecular formula is C17H12BrFN4O2. The minimum Gasteiger partial charge on any atom is -0.361 e. The topological polar surface area (TPSA) is 86.3 Å². The number of H-pyrrole nitrogens is 1. The fraction of sp³-hybridized carbons (Fsp3) is 0. The van der Waals surface area contributed by atoms with Crippen LogP contribution < -0.4 is 10.7 Å². The van der Waals surface area contributed by atoms with Crippen LogP contribution in [0, 0.1) is 5.82 Å². The minimum absolute atomic E-state index is 0.312. The average molecular weight is 403 g/mol. The Balaban J connectivity index is 1.62. The lowest BCUT2D eigenvalue weighted by atomic mass is 10.2. The molecule has 0 bridgehead atoms. The normalized spacial score (nSPS) is 11.0. The Labute approximate surface area is 150 Å². The van der Waals surface area contributed by atoms with E-state index in [0.717, 1.165) is 20.9 Å². The number of hydrogen-bond donors (Lipinski definition) is 3.